The zero-order valence-electron chi connectivity index (χ0n) is 9.20. The van der Waals surface area contributed by atoms with Crippen molar-refractivity contribution < 1.29 is 14.3 Å². The highest BCUT2D eigenvalue weighted by Gasteiger charge is 2.39. The molecular formula is C12H18O3. The lowest BCUT2D eigenvalue weighted by molar-refractivity contribution is -0.154. The monoisotopic (exact) mass is 210 g/mol. The Bertz CT molecular complexity index is 272. The van der Waals surface area contributed by atoms with E-state index in [1.54, 1.807) is 6.92 Å². The van der Waals surface area contributed by atoms with Gasteiger partial charge in [-0.05, 0) is 38.5 Å². The summed E-state index contributed by atoms with van der Waals surface area (Å²) in [5.74, 6) is 0.317. The first-order valence-electron chi connectivity index (χ1n) is 5.66. The molecule has 1 aliphatic heterocycles. The van der Waals surface area contributed by atoms with Crippen molar-refractivity contribution in [1.29, 1.82) is 0 Å². The fraction of sp³-hybridized carbons (Fsp3) is 0.750. The normalized spacial score (nSPS) is 34.6. The number of hydrogen-bond donors (Lipinski definition) is 0. The van der Waals surface area contributed by atoms with E-state index in [9.17, 15) is 4.79 Å². The van der Waals surface area contributed by atoms with Gasteiger partial charge in [0.25, 0.3) is 0 Å². The summed E-state index contributed by atoms with van der Waals surface area (Å²) in [4.78, 5) is 11.4. The Kier molecular flexibility index (Phi) is 3.10. The topological polar surface area (TPSA) is 35.5 Å². The van der Waals surface area contributed by atoms with Crippen molar-refractivity contribution in [2.45, 2.75) is 44.8 Å². The largest absolute Gasteiger partial charge is 0.456 e. The molecule has 1 saturated carbocycles. The minimum atomic E-state index is -0.281. The summed E-state index contributed by atoms with van der Waals surface area (Å²) in [5, 5.41) is 0. The molecule has 2 fully saturated rings. The SMILES string of the molecule is C=C(C)C(=O)OC1CCCC2CCOC21. The van der Waals surface area contributed by atoms with E-state index in [0.29, 0.717) is 11.5 Å². The van der Waals surface area contributed by atoms with E-state index >= 15 is 0 Å². The van der Waals surface area contributed by atoms with Gasteiger partial charge in [0.2, 0.25) is 0 Å². The van der Waals surface area contributed by atoms with Gasteiger partial charge in [0.1, 0.15) is 6.10 Å². The Balaban J connectivity index is 1.96. The minimum Gasteiger partial charge on any atom is -0.456 e. The number of fused-ring (bicyclic) bond motifs is 1. The maximum absolute atomic E-state index is 11.4. The van der Waals surface area contributed by atoms with Crippen molar-refractivity contribution in [3.05, 3.63) is 12.2 Å². The number of hydrogen-bond acceptors (Lipinski definition) is 3. The van der Waals surface area contributed by atoms with Crippen LogP contribution in [0.15, 0.2) is 12.2 Å². The van der Waals surface area contributed by atoms with Crippen molar-refractivity contribution in [3.8, 4) is 0 Å². The number of rotatable bonds is 2. The van der Waals surface area contributed by atoms with Crippen molar-refractivity contribution in [2.24, 2.45) is 5.92 Å². The molecule has 3 heteroatoms. The average Bonchev–Trinajstić information content (AvgIpc) is 2.66. The minimum absolute atomic E-state index is 0.0459. The second-order valence-electron chi connectivity index (χ2n) is 4.54. The van der Waals surface area contributed by atoms with Gasteiger partial charge in [0.15, 0.2) is 0 Å². The molecule has 0 radical (unpaired) electrons. The van der Waals surface area contributed by atoms with E-state index < -0.39 is 0 Å². The van der Waals surface area contributed by atoms with E-state index in [-0.39, 0.29) is 18.2 Å². The lowest BCUT2D eigenvalue weighted by Crippen LogP contribution is -2.38. The number of carbonyl (C=O) groups excluding carboxylic acids is 1. The van der Waals surface area contributed by atoms with Gasteiger partial charge in [0, 0.05) is 12.2 Å². The molecule has 1 saturated heterocycles. The molecule has 0 aromatic rings. The molecular weight excluding hydrogens is 192 g/mol. The maximum atomic E-state index is 11.4. The van der Waals surface area contributed by atoms with Crippen LogP contribution in [0.4, 0.5) is 0 Å². The molecule has 0 aromatic carbocycles. The smallest absolute Gasteiger partial charge is 0.333 e. The zero-order chi connectivity index (χ0) is 10.8. The standard InChI is InChI=1S/C12H18O3/c1-8(2)12(13)15-10-5-3-4-9-6-7-14-11(9)10/h9-11H,1,3-7H2,2H3. The molecule has 1 heterocycles. The van der Waals surface area contributed by atoms with Crippen molar-refractivity contribution >= 4 is 5.97 Å². The van der Waals surface area contributed by atoms with Crippen LogP contribution in [-0.4, -0.2) is 24.8 Å². The van der Waals surface area contributed by atoms with Gasteiger partial charge < -0.3 is 9.47 Å². The summed E-state index contributed by atoms with van der Waals surface area (Å²) in [7, 11) is 0. The van der Waals surface area contributed by atoms with Crippen LogP contribution in [0.2, 0.25) is 0 Å². The van der Waals surface area contributed by atoms with Crippen LogP contribution < -0.4 is 0 Å². The summed E-state index contributed by atoms with van der Waals surface area (Å²) in [6, 6.07) is 0. The highest BCUT2D eigenvalue weighted by Crippen LogP contribution is 2.35. The highest BCUT2D eigenvalue weighted by atomic mass is 16.6. The van der Waals surface area contributed by atoms with E-state index in [1.165, 1.54) is 6.42 Å². The summed E-state index contributed by atoms with van der Waals surface area (Å²) in [5.41, 5.74) is 0.468. The number of esters is 1. The Morgan fingerprint density at radius 3 is 2.93 bits per heavy atom. The molecule has 0 amide bonds. The third-order valence-corrected chi connectivity index (χ3v) is 3.30. The number of ether oxygens (including phenoxy) is 2. The molecule has 3 unspecified atom stereocenters. The maximum Gasteiger partial charge on any atom is 0.333 e. The van der Waals surface area contributed by atoms with E-state index in [4.69, 9.17) is 9.47 Å². The van der Waals surface area contributed by atoms with Crippen LogP contribution in [0.25, 0.3) is 0 Å². The molecule has 84 valence electrons. The fourth-order valence-electron chi connectivity index (χ4n) is 2.48. The first-order chi connectivity index (χ1) is 7.18. The molecule has 2 rings (SSSR count). The van der Waals surface area contributed by atoms with Gasteiger partial charge in [-0.15, -0.1) is 0 Å². The van der Waals surface area contributed by atoms with Crippen LogP contribution in [0.3, 0.4) is 0 Å². The van der Waals surface area contributed by atoms with E-state index in [1.807, 2.05) is 0 Å². The van der Waals surface area contributed by atoms with Crippen molar-refractivity contribution in [1.82, 2.24) is 0 Å². The van der Waals surface area contributed by atoms with E-state index in [0.717, 1.165) is 25.9 Å². The van der Waals surface area contributed by atoms with Gasteiger partial charge in [0.05, 0.1) is 6.10 Å². The molecule has 0 N–H and O–H groups in total. The van der Waals surface area contributed by atoms with Gasteiger partial charge in [-0.25, -0.2) is 4.79 Å². The fourth-order valence-corrected chi connectivity index (χ4v) is 2.48. The molecule has 1 aliphatic carbocycles. The number of carbonyl (C=O) groups is 1. The Hall–Kier alpha value is -0.830. The van der Waals surface area contributed by atoms with Gasteiger partial charge in [-0.1, -0.05) is 6.58 Å². The first-order valence-corrected chi connectivity index (χ1v) is 5.66. The second kappa shape index (κ2) is 4.35. The Morgan fingerprint density at radius 2 is 2.20 bits per heavy atom. The predicted molar refractivity (Wildman–Crippen MR) is 56.4 cm³/mol. The quantitative estimate of drug-likeness (QED) is 0.517. The summed E-state index contributed by atoms with van der Waals surface area (Å²) >= 11 is 0. The Morgan fingerprint density at radius 1 is 1.40 bits per heavy atom. The molecule has 2 aliphatic rings. The first kappa shape index (κ1) is 10.7. The predicted octanol–water partition coefficient (Wildman–Crippen LogP) is 2.06. The lowest BCUT2D eigenvalue weighted by Gasteiger charge is -2.32. The van der Waals surface area contributed by atoms with Crippen LogP contribution in [0.1, 0.15) is 32.6 Å². The third kappa shape index (κ3) is 2.23. The molecule has 0 aromatic heterocycles. The summed E-state index contributed by atoms with van der Waals surface area (Å²) in [6.45, 7) is 6.09. The van der Waals surface area contributed by atoms with Crippen LogP contribution >= 0.6 is 0 Å². The molecule has 0 spiro atoms. The molecule has 0 bridgehead atoms. The van der Waals surface area contributed by atoms with Crippen molar-refractivity contribution in [2.75, 3.05) is 6.61 Å². The summed E-state index contributed by atoms with van der Waals surface area (Å²) < 4.78 is 11.0. The van der Waals surface area contributed by atoms with Gasteiger partial charge in [-0.2, -0.15) is 0 Å². The zero-order valence-corrected chi connectivity index (χ0v) is 9.20. The lowest BCUT2D eigenvalue weighted by atomic mass is 9.84. The Labute approximate surface area is 90.4 Å². The van der Waals surface area contributed by atoms with Crippen LogP contribution in [0.5, 0.6) is 0 Å². The van der Waals surface area contributed by atoms with Crippen molar-refractivity contribution in [3.63, 3.8) is 0 Å². The highest BCUT2D eigenvalue weighted by molar-refractivity contribution is 5.87. The van der Waals surface area contributed by atoms with Crippen LogP contribution in [-0.2, 0) is 14.3 Å². The average molecular weight is 210 g/mol. The van der Waals surface area contributed by atoms with E-state index in [2.05, 4.69) is 6.58 Å². The van der Waals surface area contributed by atoms with Gasteiger partial charge >= 0.3 is 5.97 Å². The third-order valence-electron chi connectivity index (χ3n) is 3.30. The summed E-state index contributed by atoms with van der Waals surface area (Å²) in [6.07, 6.45) is 4.49. The molecule has 3 atom stereocenters. The molecule has 3 nitrogen and oxygen atoms in total. The second-order valence-corrected chi connectivity index (χ2v) is 4.54. The molecule has 15 heavy (non-hydrogen) atoms. The van der Waals surface area contributed by atoms with Gasteiger partial charge in [-0.3, -0.25) is 0 Å². The van der Waals surface area contributed by atoms with Crippen LogP contribution in [0, 0.1) is 5.92 Å².